The Kier molecular flexibility index (Phi) is 4.84. The van der Waals surface area contributed by atoms with Gasteiger partial charge in [-0.1, -0.05) is 6.92 Å². The normalized spacial score (nSPS) is 27.3. The molecule has 1 unspecified atom stereocenters. The summed E-state index contributed by atoms with van der Waals surface area (Å²) in [5.74, 6) is -0.00616. The average Bonchev–Trinajstić information content (AvgIpc) is 2.77. The highest BCUT2D eigenvalue weighted by Gasteiger charge is 2.37. The third kappa shape index (κ3) is 3.69. The van der Waals surface area contributed by atoms with Gasteiger partial charge in [-0.3, -0.25) is 4.79 Å². The molecule has 1 atom stereocenters. The number of sulfone groups is 1. The van der Waals surface area contributed by atoms with E-state index in [0.717, 1.165) is 38.9 Å². The van der Waals surface area contributed by atoms with Crippen LogP contribution in [0.4, 0.5) is 0 Å². The minimum absolute atomic E-state index is 0.0526. The van der Waals surface area contributed by atoms with Gasteiger partial charge in [0.15, 0.2) is 9.84 Å². The van der Waals surface area contributed by atoms with Crippen LogP contribution in [0.2, 0.25) is 0 Å². The van der Waals surface area contributed by atoms with Crippen molar-refractivity contribution >= 4 is 15.7 Å². The van der Waals surface area contributed by atoms with Gasteiger partial charge in [0.05, 0.1) is 17.4 Å². The zero-order valence-corrected chi connectivity index (χ0v) is 12.4. The Bertz CT molecular complexity index is 416. The van der Waals surface area contributed by atoms with Gasteiger partial charge >= 0.3 is 0 Å². The highest BCUT2D eigenvalue weighted by molar-refractivity contribution is 7.91. The molecule has 0 aromatic carbocycles. The van der Waals surface area contributed by atoms with Crippen molar-refractivity contribution in [1.29, 1.82) is 0 Å². The number of nitrogens with zero attached hydrogens (tertiary/aromatic N) is 1. The Hall–Kier alpha value is -0.620. The molecule has 5 nitrogen and oxygen atoms in total. The second-order valence-corrected chi connectivity index (χ2v) is 7.84. The third-order valence-corrected chi connectivity index (χ3v) is 5.85. The summed E-state index contributed by atoms with van der Waals surface area (Å²) in [5.41, 5.74) is 0. The quantitative estimate of drug-likeness (QED) is 0.814. The predicted octanol–water partition coefficient (Wildman–Crippen LogP) is 0.412. The minimum atomic E-state index is -2.98. The Labute approximate surface area is 115 Å². The van der Waals surface area contributed by atoms with E-state index in [1.807, 2.05) is 4.90 Å². The van der Waals surface area contributed by atoms with Crippen molar-refractivity contribution < 1.29 is 13.2 Å². The summed E-state index contributed by atoms with van der Waals surface area (Å²) >= 11 is 0. The van der Waals surface area contributed by atoms with E-state index in [1.54, 1.807) is 0 Å². The number of piperidine rings is 1. The minimum Gasteiger partial charge on any atom is -0.339 e. The fraction of sp³-hybridized carbons (Fsp3) is 0.923. The van der Waals surface area contributed by atoms with Crippen molar-refractivity contribution in [2.45, 2.75) is 38.6 Å². The molecule has 0 spiro atoms. The van der Waals surface area contributed by atoms with E-state index in [9.17, 15) is 13.2 Å². The van der Waals surface area contributed by atoms with Crippen LogP contribution >= 0.6 is 0 Å². The van der Waals surface area contributed by atoms with Crippen LogP contribution in [0, 0.1) is 5.92 Å². The summed E-state index contributed by atoms with van der Waals surface area (Å²) in [7, 11) is -2.98. The highest BCUT2D eigenvalue weighted by atomic mass is 32.2. The molecule has 0 saturated carbocycles. The van der Waals surface area contributed by atoms with Gasteiger partial charge < -0.3 is 10.2 Å². The van der Waals surface area contributed by atoms with Crippen molar-refractivity contribution in [3.8, 4) is 0 Å². The Morgan fingerprint density at radius 3 is 2.47 bits per heavy atom. The van der Waals surface area contributed by atoms with Crippen LogP contribution in [0.5, 0.6) is 0 Å². The number of hydrogen-bond donors (Lipinski definition) is 1. The number of nitrogens with one attached hydrogen (secondary N) is 1. The van der Waals surface area contributed by atoms with Gasteiger partial charge in [-0.15, -0.1) is 0 Å². The summed E-state index contributed by atoms with van der Waals surface area (Å²) in [6, 6.07) is 0.289. The molecule has 0 aliphatic carbocycles. The van der Waals surface area contributed by atoms with Crippen molar-refractivity contribution in [1.82, 2.24) is 10.2 Å². The standard InChI is InChI=1S/C13H24N2O3S/c1-2-8-15(12-3-6-14-7-4-12)13(16)11-5-9-19(17,18)10-11/h11-12,14H,2-10H2,1H3. The number of rotatable bonds is 4. The van der Waals surface area contributed by atoms with Crippen molar-refractivity contribution in [2.24, 2.45) is 5.92 Å². The molecule has 110 valence electrons. The van der Waals surface area contributed by atoms with Gasteiger partial charge in [0, 0.05) is 12.6 Å². The summed E-state index contributed by atoms with van der Waals surface area (Å²) in [5, 5.41) is 3.30. The monoisotopic (exact) mass is 288 g/mol. The maximum absolute atomic E-state index is 12.6. The number of hydrogen-bond acceptors (Lipinski definition) is 4. The van der Waals surface area contributed by atoms with Crippen molar-refractivity contribution in [3.63, 3.8) is 0 Å². The van der Waals surface area contributed by atoms with E-state index >= 15 is 0 Å². The lowest BCUT2D eigenvalue weighted by Crippen LogP contribution is -2.48. The molecule has 1 amide bonds. The number of amides is 1. The van der Waals surface area contributed by atoms with Crippen molar-refractivity contribution in [2.75, 3.05) is 31.1 Å². The molecule has 0 aromatic heterocycles. The van der Waals surface area contributed by atoms with Gasteiger partial charge in [0.25, 0.3) is 0 Å². The van der Waals surface area contributed by atoms with Crippen LogP contribution in [0.25, 0.3) is 0 Å². The smallest absolute Gasteiger partial charge is 0.226 e. The van der Waals surface area contributed by atoms with E-state index in [4.69, 9.17) is 0 Å². The van der Waals surface area contributed by atoms with Crippen LogP contribution < -0.4 is 5.32 Å². The Balaban J connectivity index is 2.03. The van der Waals surface area contributed by atoms with E-state index in [-0.39, 0.29) is 29.4 Å². The molecule has 0 radical (unpaired) electrons. The second-order valence-electron chi connectivity index (χ2n) is 5.61. The maximum Gasteiger partial charge on any atom is 0.226 e. The Morgan fingerprint density at radius 2 is 1.95 bits per heavy atom. The molecule has 2 fully saturated rings. The Morgan fingerprint density at radius 1 is 1.26 bits per heavy atom. The molecule has 2 heterocycles. The molecule has 2 saturated heterocycles. The molecular weight excluding hydrogens is 264 g/mol. The molecule has 0 bridgehead atoms. The molecular formula is C13H24N2O3S. The molecule has 19 heavy (non-hydrogen) atoms. The fourth-order valence-corrected chi connectivity index (χ4v) is 4.79. The van der Waals surface area contributed by atoms with Crippen LogP contribution in [0.15, 0.2) is 0 Å². The fourth-order valence-electron chi connectivity index (χ4n) is 3.06. The van der Waals surface area contributed by atoms with Crippen molar-refractivity contribution in [3.05, 3.63) is 0 Å². The average molecular weight is 288 g/mol. The molecule has 1 N–H and O–H groups in total. The van der Waals surface area contributed by atoms with Gasteiger partial charge in [-0.05, 0) is 38.8 Å². The van der Waals surface area contributed by atoms with E-state index in [0.29, 0.717) is 6.42 Å². The van der Waals surface area contributed by atoms with Crippen LogP contribution in [0.3, 0.4) is 0 Å². The zero-order valence-electron chi connectivity index (χ0n) is 11.6. The molecule has 2 aliphatic rings. The van der Waals surface area contributed by atoms with E-state index in [2.05, 4.69) is 12.2 Å². The summed E-state index contributed by atoms with van der Waals surface area (Å²) in [6.07, 6.45) is 3.39. The summed E-state index contributed by atoms with van der Waals surface area (Å²) in [6.45, 7) is 4.70. The summed E-state index contributed by atoms with van der Waals surface area (Å²) in [4.78, 5) is 14.5. The SMILES string of the molecule is CCCN(C(=O)C1CCS(=O)(=O)C1)C1CCNCC1. The number of carbonyl (C=O) groups excluding carboxylic acids is 1. The van der Waals surface area contributed by atoms with Gasteiger partial charge in [-0.25, -0.2) is 8.42 Å². The lowest BCUT2D eigenvalue weighted by atomic mass is 10.0. The van der Waals surface area contributed by atoms with Gasteiger partial charge in [-0.2, -0.15) is 0 Å². The molecule has 0 aromatic rings. The van der Waals surface area contributed by atoms with Crippen LogP contribution in [-0.2, 0) is 14.6 Å². The predicted molar refractivity (Wildman–Crippen MR) is 74.7 cm³/mol. The second kappa shape index (κ2) is 6.22. The van der Waals surface area contributed by atoms with Gasteiger partial charge in [0.2, 0.25) is 5.91 Å². The van der Waals surface area contributed by atoms with Crippen LogP contribution in [0.1, 0.15) is 32.6 Å². The maximum atomic E-state index is 12.6. The highest BCUT2D eigenvalue weighted by Crippen LogP contribution is 2.23. The molecule has 2 rings (SSSR count). The third-order valence-electron chi connectivity index (χ3n) is 4.08. The van der Waals surface area contributed by atoms with E-state index < -0.39 is 9.84 Å². The van der Waals surface area contributed by atoms with Gasteiger partial charge in [0.1, 0.15) is 0 Å². The largest absolute Gasteiger partial charge is 0.339 e. The first-order chi connectivity index (χ1) is 9.03. The van der Waals surface area contributed by atoms with Crippen LogP contribution in [-0.4, -0.2) is 56.4 Å². The first kappa shape index (κ1) is 14.8. The molecule has 2 aliphatic heterocycles. The topological polar surface area (TPSA) is 66.5 Å². The molecule has 6 heteroatoms. The lowest BCUT2D eigenvalue weighted by Gasteiger charge is -2.36. The number of carbonyl (C=O) groups is 1. The zero-order chi connectivity index (χ0) is 13.9. The lowest BCUT2D eigenvalue weighted by molar-refractivity contribution is -0.137. The first-order valence-corrected chi connectivity index (χ1v) is 9.07. The van der Waals surface area contributed by atoms with E-state index in [1.165, 1.54) is 0 Å². The first-order valence-electron chi connectivity index (χ1n) is 7.25. The summed E-state index contributed by atoms with van der Waals surface area (Å²) < 4.78 is 23.0.